The highest BCUT2D eigenvalue weighted by atomic mass is 16.5. The molecule has 0 amide bonds. The fourth-order valence-electron chi connectivity index (χ4n) is 2.37. The van der Waals surface area contributed by atoms with E-state index in [9.17, 15) is 4.79 Å². The number of rotatable bonds is 6. The summed E-state index contributed by atoms with van der Waals surface area (Å²) in [5, 5.41) is 0. The van der Waals surface area contributed by atoms with Gasteiger partial charge in [-0.3, -0.25) is 4.79 Å². The van der Waals surface area contributed by atoms with Gasteiger partial charge in [-0.15, -0.1) is 0 Å². The molecule has 2 rings (SSSR count). The Morgan fingerprint density at radius 3 is 2.45 bits per heavy atom. The molecule has 0 unspecified atom stereocenters. The van der Waals surface area contributed by atoms with E-state index < -0.39 is 0 Å². The van der Waals surface area contributed by atoms with Crippen molar-refractivity contribution in [3.8, 4) is 5.75 Å². The van der Waals surface area contributed by atoms with Crippen molar-refractivity contribution in [2.75, 3.05) is 7.11 Å². The Morgan fingerprint density at radius 1 is 1.09 bits per heavy atom. The highest BCUT2D eigenvalue weighted by Crippen LogP contribution is 2.14. The molecule has 0 aromatic heterocycles. The van der Waals surface area contributed by atoms with Crippen molar-refractivity contribution in [2.45, 2.75) is 26.7 Å². The Balaban J connectivity index is 1.90. The van der Waals surface area contributed by atoms with Gasteiger partial charge in [-0.1, -0.05) is 42.0 Å². The first-order chi connectivity index (χ1) is 10.6. The lowest BCUT2D eigenvalue weighted by atomic mass is 10.0. The zero-order valence-corrected chi connectivity index (χ0v) is 13.4. The lowest BCUT2D eigenvalue weighted by molar-refractivity contribution is -0.114. The van der Waals surface area contributed by atoms with Crippen LogP contribution in [-0.2, 0) is 11.2 Å². The van der Waals surface area contributed by atoms with Crippen LogP contribution < -0.4 is 4.74 Å². The molecule has 2 aromatic rings. The van der Waals surface area contributed by atoms with Crippen molar-refractivity contribution >= 4 is 11.9 Å². The second-order valence-electron chi connectivity index (χ2n) is 5.50. The summed E-state index contributed by atoms with van der Waals surface area (Å²) in [4.78, 5) is 12.0. The van der Waals surface area contributed by atoms with Crippen LogP contribution in [0.5, 0.6) is 5.75 Å². The van der Waals surface area contributed by atoms with Crippen LogP contribution in [0, 0.1) is 13.8 Å². The third-order valence-electron chi connectivity index (χ3n) is 3.72. The average Bonchev–Trinajstić information content (AvgIpc) is 2.52. The lowest BCUT2D eigenvalue weighted by Gasteiger charge is -2.05. The van der Waals surface area contributed by atoms with E-state index in [1.165, 1.54) is 16.7 Å². The number of carbonyl (C=O) groups is 1. The van der Waals surface area contributed by atoms with Crippen molar-refractivity contribution in [3.63, 3.8) is 0 Å². The van der Waals surface area contributed by atoms with E-state index >= 15 is 0 Å². The molecule has 2 nitrogen and oxygen atoms in total. The molecule has 2 heteroatoms. The van der Waals surface area contributed by atoms with Crippen molar-refractivity contribution < 1.29 is 9.53 Å². The maximum atomic E-state index is 12.0. The number of ether oxygens (including phenoxy) is 1. The molecule has 0 radical (unpaired) electrons. The van der Waals surface area contributed by atoms with Crippen molar-refractivity contribution in [1.82, 2.24) is 0 Å². The van der Waals surface area contributed by atoms with Gasteiger partial charge in [0, 0.05) is 6.42 Å². The number of hydrogen-bond acceptors (Lipinski definition) is 2. The second-order valence-corrected chi connectivity index (χ2v) is 5.50. The van der Waals surface area contributed by atoms with Gasteiger partial charge in [0.2, 0.25) is 0 Å². The quantitative estimate of drug-likeness (QED) is 0.732. The molecule has 0 spiro atoms. The van der Waals surface area contributed by atoms with Crippen LogP contribution in [-0.4, -0.2) is 12.9 Å². The highest BCUT2D eigenvalue weighted by Gasteiger charge is 2.02. The first-order valence-electron chi connectivity index (χ1n) is 7.49. The molecule has 0 atom stereocenters. The van der Waals surface area contributed by atoms with Gasteiger partial charge in [-0.25, -0.2) is 0 Å². The number of aryl methyl sites for hydroxylation is 3. The Labute approximate surface area is 132 Å². The summed E-state index contributed by atoms with van der Waals surface area (Å²) in [7, 11) is 1.64. The SMILES string of the molecule is COc1ccc(/C=C/C(=O)CCc2ccc(C)cc2C)cc1. The maximum absolute atomic E-state index is 12.0. The van der Waals surface area contributed by atoms with Crippen LogP contribution in [0.3, 0.4) is 0 Å². The van der Waals surface area contributed by atoms with Gasteiger partial charge in [-0.05, 0) is 55.2 Å². The zero-order valence-electron chi connectivity index (χ0n) is 13.4. The Morgan fingerprint density at radius 2 is 1.82 bits per heavy atom. The first-order valence-corrected chi connectivity index (χ1v) is 7.49. The Kier molecular flexibility index (Phi) is 5.54. The van der Waals surface area contributed by atoms with E-state index in [1.807, 2.05) is 30.3 Å². The van der Waals surface area contributed by atoms with Crippen molar-refractivity contribution in [3.05, 3.63) is 70.8 Å². The molecule has 0 saturated heterocycles. The smallest absolute Gasteiger partial charge is 0.156 e. The molecule has 2 aromatic carbocycles. The van der Waals surface area contributed by atoms with Gasteiger partial charge >= 0.3 is 0 Å². The average molecular weight is 294 g/mol. The summed E-state index contributed by atoms with van der Waals surface area (Å²) in [6.45, 7) is 4.18. The Hall–Kier alpha value is -2.35. The molecule has 0 aliphatic rings. The first kappa shape index (κ1) is 16.0. The summed E-state index contributed by atoms with van der Waals surface area (Å²) in [5.41, 5.74) is 4.76. The summed E-state index contributed by atoms with van der Waals surface area (Å²) in [6, 6.07) is 14.0. The number of methoxy groups -OCH3 is 1. The van der Waals surface area contributed by atoms with Crippen molar-refractivity contribution in [1.29, 1.82) is 0 Å². The van der Waals surface area contributed by atoms with Crippen LogP contribution in [0.2, 0.25) is 0 Å². The predicted molar refractivity (Wildman–Crippen MR) is 91.3 cm³/mol. The zero-order chi connectivity index (χ0) is 15.9. The molecule has 114 valence electrons. The number of ketones is 1. The van der Waals surface area contributed by atoms with Gasteiger partial charge in [0.05, 0.1) is 7.11 Å². The van der Waals surface area contributed by atoms with Gasteiger partial charge in [0.25, 0.3) is 0 Å². The van der Waals surface area contributed by atoms with Crippen LogP contribution in [0.4, 0.5) is 0 Å². The van der Waals surface area contributed by atoms with Gasteiger partial charge < -0.3 is 4.74 Å². The van der Waals surface area contributed by atoms with Gasteiger partial charge in [0.1, 0.15) is 5.75 Å². The van der Waals surface area contributed by atoms with Crippen LogP contribution in [0.15, 0.2) is 48.5 Å². The van der Waals surface area contributed by atoms with E-state index in [1.54, 1.807) is 13.2 Å². The molecule has 0 heterocycles. The van der Waals surface area contributed by atoms with Crippen molar-refractivity contribution in [2.24, 2.45) is 0 Å². The maximum Gasteiger partial charge on any atom is 0.156 e. The van der Waals surface area contributed by atoms with Crippen LogP contribution in [0.25, 0.3) is 6.08 Å². The second kappa shape index (κ2) is 7.60. The molecule has 0 fully saturated rings. The van der Waals surface area contributed by atoms with Crippen LogP contribution >= 0.6 is 0 Å². The standard InChI is InChI=1S/C20H22O2/c1-15-4-8-18(16(2)14-15)9-11-19(21)10-5-17-6-12-20(22-3)13-7-17/h4-8,10,12-14H,9,11H2,1-3H3/b10-5+. The third-order valence-corrected chi connectivity index (χ3v) is 3.72. The fourth-order valence-corrected chi connectivity index (χ4v) is 2.37. The third kappa shape index (κ3) is 4.59. The summed E-state index contributed by atoms with van der Waals surface area (Å²) in [5.74, 6) is 0.967. The minimum absolute atomic E-state index is 0.149. The molecular weight excluding hydrogens is 272 g/mol. The Bertz CT molecular complexity index is 667. The van der Waals surface area contributed by atoms with E-state index in [0.717, 1.165) is 17.7 Å². The monoisotopic (exact) mass is 294 g/mol. The number of carbonyl (C=O) groups excluding carboxylic acids is 1. The fraction of sp³-hybridized carbons (Fsp3) is 0.250. The van der Waals surface area contributed by atoms with Crippen LogP contribution in [0.1, 0.15) is 28.7 Å². The molecule has 22 heavy (non-hydrogen) atoms. The number of benzene rings is 2. The predicted octanol–water partition coefficient (Wildman–Crippen LogP) is 4.53. The summed E-state index contributed by atoms with van der Waals surface area (Å²) < 4.78 is 5.11. The summed E-state index contributed by atoms with van der Waals surface area (Å²) >= 11 is 0. The van der Waals surface area contributed by atoms with E-state index in [2.05, 4.69) is 32.0 Å². The largest absolute Gasteiger partial charge is 0.497 e. The molecule has 0 N–H and O–H groups in total. The molecular formula is C20H22O2. The minimum Gasteiger partial charge on any atom is -0.497 e. The topological polar surface area (TPSA) is 26.3 Å². The van der Waals surface area contributed by atoms with Gasteiger partial charge in [0.15, 0.2) is 5.78 Å². The molecule has 0 saturated carbocycles. The number of allylic oxidation sites excluding steroid dienone is 1. The lowest BCUT2D eigenvalue weighted by Crippen LogP contribution is -1.98. The normalized spacial score (nSPS) is 10.9. The van der Waals surface area contributed by atoms with Gasteiger partial charge in [-0.2, -0.15) is 0 Å². The minimum atomic E-state index is 0.149. The van der Waals surface area contributed by atoms with E-state index in [0.29, 0.717) is 6.42 Å². The highest BCUT2D eigenvalue weighted by molar-refractivity contribution is 5.93. The summed E-state index contributed by atoms with van der Waals surface area (Å²) in [6.07, 6.45) is 4.84. The molecule has 0 aliphatic heterocycles. The van der Waals surface area contributed by atoms with E-state index in [4.69, 9.17) is 4.74 Å². The molecule has 0 bridgehead atoms. The molecule has 0 aliphatic carbocycles. The van der Waals surface area contributed by atoms with E-state index in [-0.39, 0.29) is 5.78 Å². The number of hydrogen-bond donors (Lipinski definition) is 0.